The lowest BCUT2D eigenvalue weighted by Crippen LogP contribution is -2.32. The Kier molecular flexibility index (Phi) is 6.77. The average Bonchev–Trinajstić information content (AvgIpc) is 1.98. The molecule has 0 N–H and O–H groups in total. The third kappa shape index (κ3) is 8.56. The second-order valence-corrected chi connectivity index (χ2v) is 8.46. The van der Waals surface area contributed by atoms with E-state index >= 15 is 0 Å². The summed E-state index contributed by atoms with van der Waals surface area (Å²) < 4.78 is 10.2. The standard InChI is InChI=1S/C9H23NO2S/c1-11-7-6-10(8-12-2)9-13(3,4)5/h6-9H2,1-5H3. The normalized spacial score (nSPS) is 13.7. The van der Waals surface area contributed by atoms with E-state index in [0.29, 0.717) is 6.73 Å². The molecular formula is C9H23NO2S. The monoisotopic (exact) mass is 209 g/mol. The second-order valence-electron chi connectivity index (χ2n) is 4.02. The predicted molar refractivity (Wildman–Crippen MR) is 60.7 cm³/mol. The van der Waals surface area contributed by atoms with Gasteiger partial charge in [0.1, 0.15) is 0 Å². The predicted octanol–water partition coefficient (Wildman–Crippen LogP) is 1.19. The molecule has 0 bridgehead atoms. The summed E-state index contributed by atoms with van der Waals surface area (Å²) in [7, 11) is 2.98. The summed E-state index contributed by atoms with van der Waals surface area (Å²) in [6.45, 7) is 2.43. The molecular weight excluding hydrogens is 186 g/mol. The maximum Gasteiger partial charge on any atom is 0.0993 e. The number of hydrogen-bond acceptors (Lipinski definition) is 3. The van der Waals surface area contributed by atoms with Crippen molar-refractivity contribution in [1.29, 1.82) is 0 Å². The molecule has 0 aromatic carbocycles. The lowest BCUT2D eigenvalue weighted by molar-refractivity contribution is 0.0566. The van der Waals surface area contributed by atoms with Gasteiger partial charge in [0, 0.05) is 26.6 Å². The van der Waals surface area contributed by atoms with Crippen LogP contribution in [0.25, 0.3) is 0 Å². The van der Waals surface area contributed by atoms with Gasteiger partial charge in [0.25, 0.3) is 0 Å². The fraction of sp³-hybridized carbons (Fsp3) is 1.00. The van der Waals surface area contributed by atoms with Crippen LogP contribution in [0.2, 0.25) is 0 Å². The first-order chi connectivity index (χ1) is 5.99. The van der Waals surface area contributed by atoms with Crippen LogP contribution in [0.4, 0.5) is 0 Å². The van der Waals surface area contributed by atoms with E-state index in [2.05, 4.69) is 23.7 Å². The molecule has 4 heteroatoms. The summed E-state index contributed by atoms with van der Waals surface area (Å²) in [5.74, 6) is 1.12. The Labute approximate surface area is 83.7 Å². The first kappa shape index (κ1) is 13.2. The average molecular weight is 209 g/mol. The molecule has 0 heterocycles. The quantitative estimate of drug-likeness (QED) is 0.588. The van der Waals surface area contributed by atoms with E-state index in [9.17, 15) is 0 Å². The molecule has 0 radical (unpaired) electrons. The van der Waals surface area contributed by atoms with Gasteiger partial charge in [-0.3, -0.25) is 4.90 Å². The topological polar surface area (TPSA) is 21.7 Å². The van der Waals surface area contributed by atoms with Gasteiger partial charge in [-0.2, -0.15) is 0 Å². The molecule has 0 aromatic rings. The summed E-state index contributed by atoms with van der Waals surface area (Å²) in [6, 6.07) is 0. The van der Waals surface area contributed by atoms with E-state index in [1.807, 2.05) is 0 Å². The molecule has 0 saturated carbocycles. The van der Waals surface area contributed by atoms with Gasteiger partial charge in [0.05, 0.1) is 13.3 Å². The number of ether oxygens (including phenoxy) is 2. The van der Waals surface area contributed by atoms with Crippen LogP contribution >= 0.6 is 10.0 Å². The van der Waals surface area contributed by atoms with Crippen molar-refractivity contribution in [3.05, 3.63) is 0 Å². The van der Waals surface area contributed by atoms with Crippen molar-refractivity contribution in [1.82, 2.24) is 4.90 Å². The summed E-state index contributed by atoms with van der Waals surface area (Å²) >= 11 is 0. The summed E-state index contributed by atoms with van der Waals surface area (Å²) in [4.78, 5) is 2.29. The minimum atomic E-state index is -0.486. The van der Waals surface area contributed by atoms with Crippen molar-refractivity contribution >= 4 is 10.0 Å². The zero-order valence-electron chi connectivity index (χ0n) is 9.50. The van der Waals surface area contributed by atoms with Crippen LogP contribution in [0.5, 0.6) is 0 Å². The molecule has 0 unspecified atom stereocenters. The lowest BCUT2D eigenvalue weighted by atomic mass is 10.6. The van der Waals surface area contributed by atoms with Crippen molar-refractivity contribution in [2.75, 3.05) is 58.7 Å². The molecule has 3 nitrogen and oxygen atoms in total. The highest BCUT2D eigenvalue weighted by Crippen LogP contribution is 2.34. The van der Waals surface area contributed by atoms with E-state index in [1.165, 1.54) is 0 Å². The van der Waals surface area contributed by atoms with Gasteiger partial charge < -0.3 is 9.47 Å². The van der Waals surface area contributed by atoms with Crippen molar-refractivity contribution in [3.8, 4) is 0 Å². The highest BCUT2D eigenvalue weighted by molar-refractivity contribution is 8.32. The molecule has 0 aliphatic carbocycles. The summed E-state index contributed by atoms with van der Waals surface area (Å²) in [5, 5.41) is 0. The van der Waals surface area contributed by atoms with Gasteiger partial charge >= 0.3 is 0 Å². The summed E-state index contributed by atoms with van der Waals surface area (Å²) in [6.07, 6.45) is 6.92. The molecule has 0 saturated heterocycles. The molecule has 82 valence electrons. The number of methoxy groups -OCH3 is 2. The lowest BCUT2D eigenvalue weighted by Gasteiger charge is -2.33. The fourth-order valence-corrected chi connectivity index (χ4v) is 2.42. The second kappa shape index (κ2) is 6.65. The molecule has 0 rings (SSSR count). The van der Waals surface area contributed by atoms with Gasteiger partial charge in [-0.05, 0) is 18.8 Å². The third-order valence-electron chi connectivity index (χ3n) is 1.49. The molecule has 0 atom stereocenters. The van der Waals surface area contributed by atoms with Gasteiger partial charge in [0.2, 0.25) is 0 Å². The maximum atomic E-state index is 5.13. The Morgan fingerprint density at radius 2 is 1.69 bits per heavy atom. The van der Waals surface area contributed by atoms with Crippen LogP contribution in [0.1, 0.15) is 0 Å². The van der Waals surface area contributed by atoms with Crippen LogP contribution in [0.3, 0.4) is 0 Å². The minimum absolute atomic E-state index is 0.486. The van der Waals surface area contributed by atoms with Crippen LogP contribution in [0.15, 0.2) is 0 Å². The fourth-order valence-electron chi connectivity index (χ4n) is 1.12. The van der Waals surface area contributed by atoms with E-state index in [1.54, 1.807) is 14.2 Å². The molecule has 0 amide bonds. The molecule has 0 aliphatic heterocycles. The van der Waals surface area contributed by atoms with Gasteiger partial charge in [-0.1, -0.05) is 0 Å². The van der Waals surface area contributed by atoms with Gasteiger partial charge in [-0.15, -0.1) is 0 Å². The zero-order valence-corrected chi connectivity index (χ0v) is 10.3. The number of nitrogens with zero attached hydrogens (tertiary/aromatic N) is 1. The molecule has 13 heavy (non-hydrogen) atoms. The first-order valence-corrected chi connectivity index (χ1v) is 7.38. The molecule has 0 spiro atoms. The van der Waals surface area contributed by atoms with Crippen LogP contribution in [0, 0.1) is 0 Å². The van der Waals surface area contributed by atoms with Gasteiger partial charge in [0.15, 0.2) is 0 Å². The number of rotatable bonds is 7. The smallest absolute Gasteiger partial charge is 0.0993 e. The first-order valence-electron chi connectivity index (χ1n) is 4.36. The van der Waals surface area contributed by atoms with E-state index < -0.39 is 10.0 Å². The highest BCUT2D eigenvalue weighted by atomic mass is 32.3. The van der Waals surface area contributed by atoms with Crippen molar-refractivity contribution < 1.29 is 9.47 Å². The Balaban J connectivity index is 3.79. The Morgan fingerprint density at radius 3 is 2.08 bits per heavy atom. The largest absolute Gasteiger partial charge is 0.383 e. The van der Waals surface area contributed by atoms with Crippen molar-refractivity contribution in [3.63, 3.8) is 0 Å². The van der Waals surface area contributed by atoms with Crippen LogP contribution < -0.4 is 0 Å². The van der Waals surface area contributed by atoms with Crippen LogP contribution in [-0.2, 0) is 9.47 Å². The zero-order chi connectivity index (χ0) is 10.3. The molecule has 0 fully saturated rings. The van der Waals surface area contributed by atoms with E-state index in [-0.39, 0.29) is 0 Å². The van der Waals surface area contributed by atoms with Crippen molar-refractivity contribution in [2.24, 2.45) is 0 Å². The molecule has 0 aliphatic rings. The Bertz CT molecular complexity index is 125. The third-order valence-corrected chi connectivity index (χ3v) is 2.63. The maximum absolute atomic E-state index is 5.13. The van der Waals surface area contributed by atoms with E-state index in [0.717, 1.165) is 19.0 Å². The van der Waals surface area contributed by atoms with E-state index in [4.69, 9.17) is 9.47 Å². The van der Waals surface area contributed by atoms with Crippen molar-refractivity contribution in [2.45, 2.75) is 0 Å². The summed E-state index contributed by atoms with van der Waals surface area (Å²) in [5.41, 5.74) is 0. The Hall–Kier alpha value is 0.230. The Morgan fingerprint density at radius 1 is 1.08 bits per heavy atom. The number of hydrogen-bond donors (Lipinski definition) is 0. The van der Waals surface area contributed by atoms with Gasteiger partial charge in [-0.25, -0.2) is 10.0 Å². The highest BCUT2D eigenvalue weighted by Gasteiger charge is 2.11. The SMILES string of the molecule is COCCN(COC)CS(C)(C)C. The molecule has 0 aromatic heterocycles. The van der Waals surface area contributed by atoms with Crippen LogP contribution in [-0.4, -0.2) is 63.6 Å². The minimum Gasteiger partial charge on any atom is -0.383 e.